The molecule has 5 heteroatoms. The molecule has 1 fully saturated rings. The van der Waals surface area contributed by atoms with Gasteiger partial charge in [0.25, 0.3) is 11.1 Å². The van der Waals surface area contributed by atoms with Gasteiger partial charge in [-0.3, -0.25) is 14.9 Å². The first-order valence-electron chi connectivity index (χ1n) is 5.59. The quantitative estimate of drug-likeness (QED) is 0.783. The highest BCUT2D eigenvalue weighted by Gasteiger charge is 2.24. The van der Waals surface area contributed by atoms with Crippen LogP contribution in [0.2, 0.25) is 0 Å². The van der Waals surface area contributed by atoms with Gasteiger partial charge in [-0.25, -0.2) is 0 Å². The van der Waals surface area contributed by atoms with E-state index in [-0.39, 0.29) is 16.9 Å². The number of nitrogens with one attached hydrogen (secondary N) is 1. The first-order chi connectivity index (χ1) is 9.11. The van der Waals surface area contributed by atoms with Gasteiger partial charge in [-0.2, -0.15) is 0 Å². The highest BCUT2D eigenvalue weighted by atomic mass is 32.2. The molecular weight excluding hydrogens is 262 g/mol. The molecule has 0 unspecified atom stereocenters. The Bertz CT molecular complexity index is 737. The number of aromatic hydroxyl groups is 1. The fraction of sp³-hybridized carbons (Fsp3) is 0. The maximum atomic E-state index is 11.4. The molecule has 0 aliphatic carbocycles. The lowest BCUT2D eigenvalue weighted by Crippen LogP contribution is -2.17. The summed E-state index contributed by atoms with van der Waals surface area (Å²) < 4.78 is 0. The van der Waals surface area contributed by atoms with E-state index >= 15 is 0 Å². The molecule has 0 spiro atoms. The van der Waals surface area contributed by atoms with Crippen molar-refractivity contribution in [2.45, 2.75) is 0 Å². The number of hydrogen-bond acceptors (Lipinski definition) is 4. The largest absolute Gasteiger partial charge is 0.508 e. The number of carbonyl (C=O) groups is 2. The van der Waals surface area contributed by atoms with Crippen molar-refractivity contribution in [1.82, 2.24) is 5.32 Å². The fourth-order valence-electron chi connectivity index (χ4n) is 1.91. The van der Waals surface area contributed by atoms with E-state index in [0.29, 0.717) is 4.91 Å². The number of benzene rings is 2. The summed E-state index contributed by atoms with van der Waals surface area (Å²) in [5.74, 6) is -0.143. The zero-order valence-corrected chi connectivity index (χ0v) is 10.5. The van der Waals surface area contributed by atoms with Crippen LogP contribution in [0.1, 0.15) is 5.56 Å². The molecule has 94 valence electrons. The molecule has 2 aromatic rings. The Labute approximate surface area is 113 Å². The van der Waals surface area contributed by atoms with Gasteiger partial charge in [0.15, 0.2) is 0 Å². The lowest BCUT2D eigenvalue weighted by molar-refractivity contribution is -0.115. The van der Waals surface area contributed by atoms with Crippen LogP contribution in [0.25, 0.3) is 16.8 Å². The summed E-state index contributed by atoms with van der Waals surface area (Å²) in [6.45, 7) is 0. The van der Waals surface area contributed by atoms with Crippen molar-refractivity contribution in [3.8, 4) is 5.75 Å². The minimum atomic E-state index is -0.360. The molecule has 1 aliphatic rings. The second-order valence-electron chi connectivity index (χ2n) is 4.14. The summed E-state index contributed by atoms with van der Waals surface area (Å²) in [6, 6.07) is 10.7. The SMILES string of the molecule is O=C1NC(=O)/C(=C/c2ccc3cc(O)ccc3c2)S1. The van der Waals surface area contributed by atoms with Gasteiger partial charge >= 0.3 is 0 Å². The Morgan fingerprint density at radius 2 is 1.79 bits per heavy atom. The van der Waals surface area contributed by atoms with Crippen molar-refractivity contribution >= 4 is 39.8 Å². The molecule has 2 amide bonds. The van der Waals surface area contributed by atoms with Crippen molar-refractivity contribution in [3.05, 3.63) is 46.9 Å². The van der Waals surface area contributed by atoms with E-state index in [1.165, 1.54) is 0 Å². The topological polar surface area (TPSA) is 66.4 Å². The Hall–Kier alpha value is -2.27. The molecule has 0 atom stereocenters. The maximum Gasteiger partial charge on any atom is 0.290 e. The van der Waals surface area contributed by atoms with Gasteiger partial charge in [0.05, 0.1) is 4.91 Å². The van der Waals surface area contributed by atoms with Gasteiger partial charge in [-0.15, -0.1) is 0 Å². The Morgan fingerprint density at radius 3 is 2.53 bits per heavy atom. The van der Waals surface area contributed by atoms with E-state index in [0.717, 1.165) is 28.1 Å². The number of rotatable bonds is 1. The molecule has 4 nitrogen and oxygen atoms in total. The van der Waals surface area contributed by atoms with Gasteiger partial charge in [-0.1, -0.05) is 18.2 Å². The molecule has 0 bridgehead atoms. The third kappa shape index (κ3) is 2.32. The number of hydrogen-bond donors (Lipinski definition) is 2. The first kappa shape index (κ1) is 11.8. The van der Waals surface area contributed by atoms with Crippen LogP contribution in [-0.4, -0.2) is 16.3 Å². The number of carbonyl (C=O) groups excluding carboxylic acids is 2. The Kier molecular flexibility index (Phi) is 2.76. The molecule has 1 saturated heterocycles. The van der Waals surface area contributed by atoms with Crippen molar-refractivity contribution in [1.29, 1.82) is 0 Å². The molecule has 0 radical (unpaired) electrons. The highest BCUT2D eigenvalue weighted by Crippen LogP contribution is 2.27. The lowest BCUT2D eigenvalue weighted by atomic mass is 10.1. The second-order valence-corrected chi connectivity index (χ2v) is 5.16. The van der Waals surface area contributed by atoms with Gasteiger partial charge in [0.1, 0.15) is 5.75 Å². The lowest BCUT2D eigenvalue weighted by Gasteiger charge is -2.01. The summed E-state index contributed by atoms with van der Waals surface area (Å²) in [5, 5.41) is 13.1. The zero-order valence-electron chi connectivity index (χ0n) is 9.71. The smallest absolute Gasteiger partial charge is 0.290 e. The van der Waals surface area contributed by atoms with E-state index < -0.39 is 0 Å². The van der Waals surface area contributed by atoms with Gasteiger partial charge in [-0.05, 0) is 52.4 Å². The summed E-state index contributed by atoms with van der Waals surface area (Å²) in [6.07, 6.45) is 1.68. The predicted octanol–water partition coefficient (Wildman–Crippen LogP) is 2.87. The number of thioether (sulfide) groups is 1. The standard InChI is InChI=1S/C14H9NO3S/c16-11-4-3-9-5-8(1-2-10(9)7-11)6-12-13(17)15-14(18)19-12/h1-7,16H,(H,15,17,18)/b12-6-. The van der Waals surface area contributed by atoms with E-state index in [1.807, 2.05) is 18.2 Å². The van der Waals surface area contributed by atoms with Crippen LogP contribution in [0.15, 0.2) is 41.3 Å². The molecule has 3 rings (SSSR count). The molecule has 0 aromatic heterocycles. The van der Waals surface area contributed by atoms with Crippen molar-refractivity contribution in [2.75, 3.05) is 0 Å². The van der Waals surface area contributed by atoms with E-state index in [4.69, 9.17) is 0 Å². The van der Waals surface area contributed by atoms with Crippen LogP contribution in [0.4, 0.5) is 4.79 Å². The number of imide groups is 1. The van der Waals surface area contributed by atoms with Crippen LogP contribution >= 0.6 is 11.8 Å². The number of phenols is 1. The van der Waals surface area contributed by atoms with E-state index in [9.17, 15) is 14.7 Å². The highest BCUT2D eigenvalue weighted by molar-refractivity contribution is 8.18. The van der Waals surface area contributed by atoms with Crippen LogP contribution in [0.3, 0.4) is 0 Å². The molecule has 2 N–H and O–H groups in total. The summed E-state index contributed by atoms with van der Waals surface area (Å²) >= 11 is 0.898. The Balaban J connectivity index is 2.02. The fourth-order valence-corrected chi connectivity index (χ4v) is 2.60. The first-order valence-corrected chi connectivity index (χ1v) is 6.41. The van der Waals surface area contributed by atoms with E-state index in [2.05, 4.69) is 5.32 Å². The normalized spacial score (nSPS) is 17.2. The van der Waals surface area contributed by atoms with Gasteiger partial charge in [0, 0.05) is 0 Å². The van der Waals surface area contributed by atoms with Crippen LogP contribution in [-0.2, 0) is 4.79 Å². The predicted molar refractivity (Wildman–Crippen MR) is 74.7 cm³/mol. The maximum absolute atomic E-state index is 11.4. The summed E-state index contributed by atoms with van der Waals surface area (Å²) in [5.41, 5.74) is 0.838. The van der Waals surface area contributed by atoms with Crippen LogP contribution in [0.5, 0.6) is 5.75 Å². The average Bonchev–Trinajstić information content (AvgIpc) is 2.68. The molecule has 2 aromatic carbocycles. The molecule has 1 aliphatic heterocycles. The Morgan fingerprint density at radius 1 is 1.05 bits per heavy atom. The van der Waals surface area contributed by atoms with Crippen LogP contribution in [0, 0.1) is 0 Å². The zero-order chi connectivity index (χ0) is 13.4. The van der Waals surface area contributed by atoms with Gasteiger partial charge < -0.3 is 5.11 Å². The molecular formula is C14H9NO3S. The number of amides is 2. The third-order valence-electron chi connectivity index (χ3n) is 2.79. The van der Waals surface area contributed by atoms with Crippen LogP contribution < -0.4 is 5.32 Å². The van der Waals surface area contributed by atoms with Gasteiger partial charge in [0.2, 0.25) is 0 Å². The van der Waals surface area contributed by atoms with Crippen molar-refractivity contribution in [2.24, 2.45) is 0 Å². The minimum absolute atomic E-state index is 0.218. The average molecular weight is 271 g/mol. The molecule has 0 saturated carbocycles. The number of phenolic OH excluding ortho intramolecular Hbond substituents is 1. The minimum Gasteiger partial charge on any atom is -0.508 e. The summed E-state index contributed by atoms with van der Waals surface area (Å²) in [7, 11) is 0. The second kappa shape index (κ2) is 4.44. The third-order valence-corrected chi connectivity index (χ3v) is 3.60. The monoisotopic (exact) mass is 271 g/mol. The summed E-state index contributed by atoms with van der Waals surface area (Å²) in [4.78, 5) is 22.9. The van der Waals surface area contributed by atoms with Crippen molar-refractivity contribution < 1.29 is 14.7 Å². The molecule has 1 heterocycles. The molecule has 19 heavy (non-hydrogen) atoms. The van der Waals surface area contributed by atoms with Crippen molar-refractivity contribution in [3.63, 3.8) is 0 Å². The number of fused-ring (bicyclic) bond motifs is 1. The van der Waals surface area contributed by atoms with E-state index in [1.54, 1.807) is 24.3 Å².